The number of amides is 2. The van der Waals surface area contributed by atoms with E-state index in [0.29, 0.717) is 15.6 Å². The molecule has 126 valence electrons. The standard InChI is InChI=1S/C16H12BrN5O3/c17-10-3-4-11-12(6-10)16(25)21(15(11)24)5-1-2-13(23)22-14(19)9(7-18)8-20-22/h3-4,6,8H,1-2,5,19H2. The number of aromatic nitrogens is 2. The molecule has 25 heavy (non-hydrogen) atoms. The van der Waals surface area contributed by atoms with Gasteiger partial charge in [0.2, 0.25) is 5.91 Å². The van der Waals surface area contributed by atoms with Gasteiger partial charge in [0.05, 0.1) is 17.3 Å². The minimum atomic E-state index is -0.404. The van der Waals surface area contributed by atoms with Gasteiger partial charge in [0, 0.05) is 17.4 Å². The van der Waals surface area contributed by atoms with Crippen LogP contribution in [0.3, 0.4) is 0 Å². The Morgan fingerprint density at radius 3 is 2.68 bits per heavy atom. The fraction of sp³-hybridized carbons (Fsp3) is 0.188. The first-order valence-electron chi connectivity index (χ1n) is 7.36. The maximum Gasteiger partial charge on any atom is 0.261 e. The van der Waals surface area contributed by atoms with Crippen molar-refractivity contribution in [2.24, 2.45) is 0 Å². The largest absolute Gasteiger partial charge is 0.382 e. The highest BCUT2D eigenvalue weighted by Gasteiger charge is 2.35. The number of hydrogen-bond acceptors (Lipinski definition) is 6. The fourth-order valence-corrected chi connectivity index (χ4v) is 2.96. The number of rotatable bonds is 4. The third-order valence-corrected chi connectivity index (χ3v) is 4.36. The maximum absolute atomic E-state index is 12.3. The third kappa shape index (κ3) is 2.92. The van der Waals surface area contributed by atoms with Crippen LogP contribution in [0.5, 0.6) is 0 Å². The minimum Gasteiger partial charge on any atom is -0.382 e. The SMILES string of the molecule is N#Cc1cnn(C(=O)CCCN2C(=O)c3ccc(Br)cc3C2=O)c1N. The van der Waals surface area contributed by atoms with Crippen molar-refractivity contribution in [1.82, 2.24) is 14.7 Å². The number of nitrogens with zero attached hydrogens (tertiary/aromatic N) is 4. The fourth-order valence-electron chi connectivity index (χ4n) is 2.60. The summed E-state index contributed by atoms with van der Waals surface area (Å²) in [6.07, 6.45) is 1.52. The molecule has 1 aliphatic rings. The van der Waals surface area contributed by atoms with Crippen LogP contribution in [0.25, 0.3) is 0 Å². The first-order valence-corrected chi connectivity index (χ1v) is 8.16. The van der Waals surface area contributed by atoms with E-state index in [1.165, 1.54) is 6.20 Å². The lowest BCUT2D eigenvalue weighted by atomic mass is 10.1. The second-order valence-corrected chi connectivity index (χ2v) is 6.33. The Labute approximate surface area is 150 Å². The van der Waals surface area contributed by atoms with Crippen molar-refractivity contribution in [3.63, 3.8) is 0 Å². The van der Waals surface area contributed by atoms with Crippen molar-refractivity contribution in [3.05, 3.63) is 45.6 Å². The van der Waals surface area contributed by atoms with Crippen molar-refractivity contribution >= 4 is 39.5 Å². The molecule has 2 N–H and O–H groups in total. The van der Waals surface area contributed by atoms with Crippen LogP contribution in [-0.4, -0.2) is 38.9 Å². The summed E-state index contributed by atoms with van der Waals surface area (Å²) in [5.74, 6) is -1.17. The smallest absolute Gasteiger partial charge is 0.261 e. The zero-order valence-electron chi connectivity index (χ0n) is 12.9. The second-order valence-electron chi connectivity index (χ2n) is 5.42. The van der Waals surface area contributed by atoms with Gasteiger partial charge in [0.25, 0.3) is 11.8 Å². The molecule has 2 heterocycles. The van der Waals surface area contributed by atoms with Gasteiger partial charge in [-0.3, -0.25) is 19.3 Å². The van der Waals surface area contributed by atoms with Gasteiger partial charge >= 0.3 is 0 Å². The van der Waals surface area contributed by atoms with Crippen LogP contribution < -0.4 is 5.73 Å². The number of anilines is 1. The van der Waals surface area contributed by atoms with Gasteiger partial charge < -0.3 is 5.73 Å². The predicted molar refractivity (Wildman–Crippen MR) is 90.7 cm³/mol. The molecule has 2 aromatic rings. The number of nitrogens with two attached hydrogens (primary N) is 1. The molecule has 0 saturated heterocycles. The van der Waals surface area contributed by atoms with E-state index in [-0.39, 0.29) is 42.6 Å². The number of nitriles is 1. The Kier molecular flexibility index (Phi) is 4.37. The predicted octanol–water partition coefficient (Wildman–Crippen LogP) is 1.82. The summed E-state index contributed by atoms with van der Waals surface area (Å²) in [6, 6.07) is 6.74. The monoisotopic (exact) mass is 401 g/mol. The summed E-state index contributed by atoms with van der Waals surface area (Å²) >= 11 is 3.27. The average Bonchev–Trinajstić information content (AvgIpc) is 3.07. The molecule has 0 aliphatic carbocycles. The lowest BCUT2D eigenvalue weighted by Gasteiger charge is -2.13. The summed E-state index contributed by atoms with van der Waals surface area (Å²) in [5.41, 5.74) is 6.49. The van der Waals surface area contributed by atoms with Crippen molar-refractivity contribution in [2.75, 3.05) is 12.3 Å². The molecular formula is C16H12BrN5O3. The van der Waals surface area contributed by atoms with Crippen LogP contribution in [0.1, 0.15) is 43.9 Å². The van der Waals surface area contributed by atoms with Crippen LogP contribution in [0.4, 0.5) is 5.82 Å². The average molecular weight is 402 g/mol. The molecule has 1 aromatic carbocycles. The van der Waals surface area contributed by atoms with Crippen LogP contribution in [0, 0.1) is 11.3 Å². The number of carbonyl (C=O) groups excluding carboxylic acids is 3. The van der Waals surface area contributed by atoms with E-state index in [1.54, 1.807) is 18.2 Å². The first kappa shape index (κ1) is 16.9. The van der Waals surface area contributed by atoms with Gasteiger partial charge in [-0.05, 0) is 24.6 Å². The molecule has 0 saturated carbocycles. The summed E-state index contributed by atoms with van der Waals surface area (Å²) in [6.45, 7) is 0.113. The molecule has 0 fully saturated rings. The first-order chi connectivity index (χ1) is 11.9. The molecule has 8 nitrogen and oxygen atoms in total. The third-order valence-electron chi connectivity index (χ3n) is 3.87. The van der Waals surface area contributed by atoms with Gasteiger partial charge in [-0.1, -0.05) is 15.9 Å². The maximum atomic E-state index is 12.3. The quantitative estimate of drug-likeness (QED) is 0.779. The Bertz CT molecular complexity index is 944. The highest BCUT2D eigenvalue weighted by molar-refractivity contribution is 9.10. The molecule has 0 atom stereocenters. The highest BCUT2D eigenvalue weighted by Crippen LogP contribution is 2.26. The highest BCUT2D eigenvalue weighted by atomic mass is 79.9. The number of carbonyl (C=O) groups is 3. The summed E-state index contributed by atoms with van der Waals surface area (Å²) in [5, 5.41) is 12.6. The van der Waals surface area contributed by atoms with E-state index in [4.69, 9.17) is 11.0 Å². The molecule has 3 rings (SSSR count). The number of hydrogen-bond donors (Lipinski definition) is 1. The van der Waals surface area contributed by atoms with Crippen molar-refractivity contribution in [3.8, 4) is 6.07 Å². The lowest BCUT2D eigenvalue weighted by molar-refractivity contribution is 0.0643. The molecule has 0 unspecified atom stereocenters. The van der Waals surface area contributed by atoms with E-state index in [0.717, 1.165) is 9.58 Å². The Balaban J connectivity index is 1.64. The van der Waals surface area contributed by atoms with E-state index in [1.807, 2.05) is 6.07 Å². The van der Waals surface area contributed by atoms with E-state index >= 15 is 0 Å². The van der Waals surface area contributed by atoms with E-state index in [2.05, 4.69) is 21.0 Å². The summed E-state index contributed by atoms with van der Waals surface area (Å²) in [7, 11) is 0. The van der Waals surface area contributed by atoms with Gasteiger partial charge in [-0.25, -0.2) is 0 Å². The Hall–Kier alpha value is -2.99. The van der Waals surface area contributed by atoms with Crippen LogP contribution in [0.2, 0.25) is 0 Å². The molecular weight excluding hydrogens is 390 g/mol. The van der Waals surface area contributed by atoms with Gasteiger partial charge in [0.15, 0.2) is 0 Å². The Morgan fingerprint density at radius 1 is 1.28 bits per heavy atom. The number of fused-ring (bicyclic) bond motifs is 1. The molecule has 2 amide bonds. The number of nitrogen functional groups attached to an aromatic ring is 1. The molecule has 1 aromatic heterocycles. The van der Waals surface area contributed by atoms with Gasteiger partial charge in [-0.15, -0.1) is 0 Å². The van der Waals surface area contributed by atoms with E-state index in [9.17, 15) is 14.4 Å². The molecule has 1 aliphatic heterocycles. The van der Waals surface area contributed by atoms with Crippen molar-refractivity contribution < 1.29 is 14.4 Å². The number of benzene rings is 1. The zero-order chi connectivity index (χ0) is 18.1. The molecule has 9 heteroatoms. The van der Waals surface area contributed by atoms with Crippen molar-refractivity contribution in [1.29, 1.82) is 5.26 Å². The van der Waals surface area contributed by atoms with Crippen LogP contribution in [0.15, 0.2) is 28.9 Å². The topological polar surface area (TPSA) is 122 Å². The molecule has 0 bridgehead atoms. The number of halogens is 1. The van der Waals surface area contributed by atoms with Gasteiger partial charge in [-0.2, -0.15) is 15.0 Å². The van der Waals surface area contributed by atoms with Gasteiger partial charge in [0.1, 0.15) is 17.5 Å². The second kappa shape index (κ2) is 6.49. The van der Waals surface area contributed by atoms with E-state index < -0.39 is 5.91 Å². The summed E-state index contributed by atoms with van der Waals surface area (Å²) < 4.78 is 1.67. The zero-order valence-corrected chi connectivity index (χ0v) is 14.5. The van der Waals surface area contributed by atoms with Crippen molar-refractivity contribution in [2.45, 2.75) is 12.8 Å². The number of imide groups is 1. The minimum absolute atomic E-state index is 0.0157. The normalized spacial score (nSPS) is 13.0. The summed E-state index contributed by atoms with van der Waals surface area (Å²) in [4.78, 5) is 37.9. The van der Waals surface area contributed by atoms with Crippen LogP contribution in [-0.2, 0) is 0 Å². The molecule has 0 spiro atoms. The molecule has 0 radical (unpaired) electrons. The van der Waals surface area contributed by atoms with Crippen LogP contribution >= 0.6 is 15.9 Å². The lowest BCUT2D eigenvalue weighted by Crippen LogP contribution is -2.31. The Morgan fingerprint density at radius 2 is 2.00 bits per heavy atom.